The van der Waals surface area contributed by atoms with Crippen molar-refractivity contribution < 1.29 is 9.21 Å². The van der Waals surface area contributed by atoms with E-state index in [2.05, 4.69) is 25.9 Å². The summed E-state index contributed by atoms with van der Waals surface area (Å²) in [6.07, 6.45) is 8.53. The third-order valence-corrected chi connectivity index (χ3v) is 5.17. The van der Waals surface area contributed by atoms with Gasteiger partial charge in [-0.2, -0.15) is 0 Å². The molecule has 2 aromatic rings. The number of aromatic nitrogens is 1. The lowest BCUT2D eigenvalue weighted by Gasteiger charge is -2.20. The summed E-state index contributed by atoms with van der Waals surface area (Å²) in [6, 6.07) is 9.80. The number of hydrogen-bond donors (Lipinski definition) is 3. The van der Waals surface area contributed by atoms with E-state index in [1.54, 1.807) is 13.3 Å². The number of amides is 1. The van der Waals surface area contributed by atoms with Crippen molar-refractivity contribution in [2.45, 2.75) is 45.1 Å². The number of guanidine groups is 1. The first-order chi connectivity index (χ1) is 14.2. The van der Waals surface area contributed by atoms with Gasteiger partial charge in [0.15, 0.2) is 5.96 Å². The molecule has 1 amide bonds. The molecule has 0 unspecified atom stereocenters. The van der Waals surface area contributed by atoms with E-state index in [-0.39, 0.29) is 5.91 Å². The number of aliphatic imine (C=N–C) groups is 1. The van der Waals surface area contributed by atoms with Crippen LogP contribution in [0.15, 0.2) is 46.0 Å². The fourth-order valence-electron chi connectivity index (χ4n) is 3.60. The maximum atomic E-state index is 12.1. The van der Waals surface area contributed by atoms with Crippen molar-refractivity contribution in [3.05, 3.63) is 42.3 Å². The highest BCUT2D eigenvalue weighted by atomic mass is 16.3. The summed E-state index contributed by atoms with van der Waals surface area (Å²) in [7, 11) is 1.72. The lowest BCUT2D eigenvalue weighted by atomic mass is 9.87. The van der Waals surface area contributed by atoms with E-state index in [1.165, 1.54) is 32.1 Å². The Morgan fingerprint density at radius 1 is 1.10 bits per heavy atom. The highest BCUT2D eigenvalue weighted by molar-refractivity contribution is 5.79. The number of benzene rings is 1. The summed E-state index contributed by atoms with van der Waals surface area (Å²) >= 11 is 0. The molecule has 7 nitrogen and oxygen atoms in total. The lowest BCUT2D eigenvalue weighted by Crippen LogP contribution is -2.41. The molecule has 0 saturated heterocycles. The first-order valence-corrected chi connectivity index (χ1v) is 10.5. The highest BCUT2D eigenvalue weighted by Gasteiger charge is 2.16. The predicted molar refractivity (Wildman–Crippen MR) is 114 cm³/mol. The molecule has 1 aromatic heterocycles. The van der Waals surface area contributed by atoms with Gasteiger partial charge in [-0.15, -0.1) is 0 Å². The molecule has 0 aliphatic heterocycles. The number of oxazole rings is 1. The van der Waals surface area contributed by atoms with Gasteiger partial charge in [0.05, 0.1) is 12.2 Å². The van der Waals surface area contributed by atoms with E-state index in [1.807, 2.05) is 30.3 Å². The van der Waals surface area contributed by atoms with Crippen LogP contribution in [0.2, 0.25) is 0 Å². The highest BCUT2D eigenvalue weighted by Crippen LogP contribution is 2.26. The molecule has 1 aromatic carbocycles. The zero-order valence-electron chi connectivity index (χ0n) is 17.1. The van der Waals surface area contributed by atoms with E-state index < -0.39 is 0 Å². The van der Waals surface area contributed by atoms with Gasteiger partial charge in [0.2, 0.25) is 11.8 Å². The van der Waals surface area contributed by atoms with E-state index in [0.29, 0.717) is 43.8 Å². The molecule has 0 bridgehead atoms. The van der Waals surface area contributed by atoms with Crippen molar-refractivity contribution in [2.75, 3.05) is 20.1 Å². The summed E-state index contributed by atoms with van der Waals surface area (Å²) in [5, 5.41) is 9.40. The van der Waals surface area contributed by atoms with Gasteiger partial charge in [-0.25, -0.2) is 4.98 Å². The van der Waals surface area contributed by atoms with Crippen LogP contribution in [0.5, 0.6) is 0 Å². The summed E-state index contributed by atoms with van der Waals surface area (Å²) in [5.41, 5.74) is 1.75. The van der Waals surface area contributed by atoms with Crippen LogP contribution in [0.4, 0.5) is 0 Å². The van der Waals surface area contributed by atoms with Crippen LogP contribution in [0, 0.1) is 5.92 Å². The van der Waals surface area contributed by atoms with E-state index in [4.69, 9.17) is 4.42 Å². The Labute approximate surface area is 172 Å². The molecule has 1 aliphatic carbocycles. The van der Waals surface area contributed by atoms with Gasteiger partial charge < -0.3 is 20.4 Å². The van der Waals surface area contributed by atoms with E-state index >= 15 is 0 Å². The summed E-state index contributed by atoms with van der Waals surface area (Å²) in [4.78, 5) is 20.7. The molecule has 0 atom stereocenters. The fourth-order valence-corrected chi connectivity index (χ4v) is 3.60. The van der Waals surface area contributed by atoms with Gasteiger partial charge in [-0.1, -0.05) is 37.5 Å². The predicted octanol–water partition coefficient (Wildman–Crippen LogP) is 3.09. The van der Waals surface area contributed by atoms with Crippen LogP contribution in [0.25, 0.3) is 11.5 Å². The van der Waals surface area contributed by atoms with Gasteiger partial charge in [-0.05, 0) is 30.9 Å². The van der Waals surface area contributed by atoms with Crippen molar-refractivity contribution in [1.29, 1.82) is 0 Å². The topological polar surface area (TPSA) is 91.5 Å². The Bertz CT molecular complexity index is 782. The molecule has 0 radical (unpaired) electrons. The minimum atomic E-state index is 0.151. The summed E-state index contributed by atoms with van der Waals surface area (Å²) in [5.74, 6) is 1.98. The summed E-state index contributed by atoms with van der Waals surface area (Å²) in [6.45, 7) is 1.70. The minimum Gasteiger partial charge on any atom is -0.444 e. The van der Waals surface area contributed by atoms with Crippen LogP contribution in [0.3, 0.4) is 0 Å². The third kappa shape index (κ3) is 6.93. The van der Waals surface area contributed by atoms with Gasteiger partial charge >= 0.3 is 0 Å². The Morgan fingerprint density at radius 2 is 1.86 bits per heavy atom. The molecular weight excluding hydrogens is 366 g/mol. The van der Waals surface area contributed by atoms with Gasteiger partial charge in [0.1, 0.15) is 6.26 Å². The number of nitrogens with one attached hydrogen (secondary N) is 3. The number of nitrogens with zero attached hydrogens (tertiary/aromatic N) is 2. The normalized spacial score (nSPS) is 15.1. The SMILES string of the molecule is CN=C(NCCNC(=O)CC1CCCCC1)NCc1coc(-c2ccccc2)n1. The maximum Gasteiger partial charge on any atom is 0.226 e. The Kier molecular flexibility index (Phi) is 8.10. The van der Waals surface area contributed by atoms with Crippen LogP contribution >= 0.6 is 0 Å². The van der Waals surface area contributed by atoms with Crippen LogP contribution in [0.1, 0.15) is 44.2 Å². The first-order valence-electron chi connectivity index (χ1n) is 10.5. The standard InChI is InChI=1S/C22H31N5O2/c1-23-22(25-13-12-24-20(28)14-17-8-4-2-5-9-17)26-15-19-16-29-21(27-19)18-10-6-3-7-11-18/h3,6-7,10-11,16-17H,2,4-5,8-9,12-15H2,1H3,(H,24,28)(H2,23,25,26). The third-order valence-electron chi connectivity index (χ3n) is 5.17. The zero-order valence-corrected chi connectivity index (χ0v) is 17.1. The van der Waals surface area contributed by atoms with Crippen LogP contribution in [-0.2, 0) is 11.3 Å². The van der Waals surface area contributed by atoms with E-state index in [0.717, 1.165) is 11.3 Å². The molecule has 156 valence electrons. The van der Waals surface area contributed by atoms with Crippen molar-refractivity contribution >= 4 is 11.9 Å². The van der Waals surface area contributed by atoms with Gasteiger partial charge in [0, 0.05) is 32.1 Å². The quantitative estimate of drug-likeness (QED) is 0.362. The fraction of sp³-hybridized carbons (Fsp3) is 0.500. The van der Waals surface area contributed by atoms with Crippen molar-refractivity contribution in [3.63, 3.8) is 0 Å². The minimum absolute atomic E-state index is 0.151. The Hall–Kier alpha value is -2.83. The molecule has 1 heterocycles. The molecule has 1 fully saturated rings. The second-order valence-electron chi connectivity index (χ2n) is 7.42. The summed E-state index contributed by atoms with van der Waals surface area (Å²) < 4.78 is 5.54. The average Bonchev–Trinajstić information content (AvgIpc) is 3.24. The molecule has 3 rings (SSSR count). The largest absolute Gasteiger partial charge is 0.444 e. The maximum absolute atomic E-state index is 12.1. The molecule has 1 saturated carbocycles. The van der Waals surface area contributed by atoms with Crippen molar-refractivity contribution in [1.82, 2.24) is 20.9 Å². The Balaban J connectivity index is 1.33. The zero-order chi connectivity index (χ0) is 20.3. The van der Waals surface area contributed by atoms with Crippen LogP contribution in [-0.4, -0.2) is 37.0 Å². The molecule has 0 spiro atoms. The molecule has 1 aliphatic rings. The molecular formula is C22H31N5O2. The smallest absolute Gasteiger partial charge is 0.226 e. The molecule has 3 N–H and O–H groups in total. The van der Waals surface area contributed by atoms with Crippen molar-refractivity contribution in [3.8, 4) is 11.5 Å². The van der Waals surface area contributed by atoms with Crippen molar-refractivity contribution in [2.24, 2.45) is 10.9 Å². The number of rotatable bonds is 8. The average molecular weight is 398 g/mol. The first kappa shape index (κ1) is 20.9. The van der Waals surface area contributed by atoms with Gasteiger partial charge in [0.25, 0.3) is 0 Å². The Morgan fingerprint density at radius 3 is 2.62 bits per heavy atom. The number of hydrogen-bond acceptors (Lipinski definition) is 4. The number of carbonyl (C=O) groups excluding carboxylic acids is 1. The van der Waals surface area contributed by atoms with Gasteiger partial charge in [-0.3, -0.25) is 9.79 Å². The second-order valence-corrected chi connectivity index (χ2v) is 7.42. The molecule has 7 heteroatoms. The lowest BCUT2D eigenvalue weighted by molar-refractivity contribution is -0.122. The number of carbonyl (C=O) groups is 1. The van der Waals surface area contributed by atoms with E-state index in [9.17, 15) is 4.79 Å². The van der Waals surface area contributed by atoms with Crippen LogP contribution < -0.4 is 16.0 Å². The second kappa shape index (κ2) is 11.2. The molecule has 29 heavy (non-hydrogen) atoms. The monoisotopic (exact) mass is 397 g/mol.